The molecule has 1 aliphatic heterocycles. The van der Waals surface area contributed by atoms with Crippen molar-refractivity contribution < 1.29 is 22.5 Å². The second kappa shape index (κ2) is 8.15. The third-order valence-corrected chi connectivity index (χ3v) is 6.19. The van der Waals surface area contributed by atoms with Crippen molar-refractivity contribution in [3.63, 3.8) is 0 Å². The van der Waals surface area contributed by atoms with E-state index in [1.165, 1.54) is 21.4 Å². The van der Waals surface area contributed by atoms with E-state index in [0.29, 0.717) is 37.8 Å². The summed E-state index contributed by atoms with van der Waals surface area (Å²) in [6.45, 7) is 1.24. The van der Waals surface area contributed by atoms with Gasteiger partial charge in [-0.2, -0.15) is 4.31 Å². The Morgan fingerprint density at radius 1 is 1.14 bits per heavy atom. The van der Waals surface area contributed by atoms with Gasteiger partial charge >= 0.3 is 0 Å². The average Bonchev–Trinajstić information content (AvgIpc) is 3.42. The molecule has 0 unspecified atom stereocenters. The number of anilines is 1. The molecule has 4 rings (SSSR count). The van der Waals surface area contributed by atoms with Crippen LogP contribution >= 0.6 is 0 Å². The zero-order chi connectivity index (χ0) is 20.3. The van der Waals surface area contributed by atoms with Crippen molar-refractivity contribution in [2.24, 2.45) is 0 Å². The third-order valence-electron chi connectivity index (χ3n) is 4.40. The normalized spacial score (nSPS) is 15.3. The summed E-state index contributed by atoms with van der Waals surface area (Å²) < 4.78 is 38.2. The lowest BCUT2D eigenvalue weighted by molar-refractivity contribution is -0.116. The summed E-state index contributed by atoms with van der Waals surface area (Å²) in [4.78, 5) is 16.3. The second-order valence-electron chi connectivity index (χ2n) is 6.40. The topological polar surface area (TPSA) is 120 Å². The van der Waals surface area contributed by atoms with Crippen LogP contribution in [0, 0.1) is 0 Å². The Balaban J connectivity index is 1.38. The van der Waals surface area contributed by atoms with Gasteiger partial charge in [0.15, 0.2) is 10.8 Å². The number of amides is 1. The Labute approximate surface area is 167 Å². The van der Waals surface area contributed by atoms with Gasteiger partial charge in [0.05, 0.1) is 25.7 Å². The maximum atomic E-state index is 12.6. The number of carbonyl (C=O) groups is 1. The molecule has 1 saturated heterocycles. The standard InChI is InChI=1S/C18H19N5O5S/c24-17(21-15-3-1-14(2-4-15)16-5-6-20-28-16)11-22-12-18(19-13-22)29(25,26)23-7-9-27-10-8-23/h1-6,12-13H,7-11H2,(H,21,24). The van der Waals surface area contributed by atoms with E-state index in [1.807, 2.05) is 0 Å². The van der Waals surface area contributed by atoms with Crippen molar-refractivity contribution in [1.82, 2.24) is 19.0 Å². The van der Waals surface area contributed by atoms with Crippen LogP contribution in [0.15, 0.2) is 58.6 Å². The molecule has 1 N–H and O–H groups in total. The highest BCUT2D eigenvalue weighted by Gasteiger charge is 2.28. The lowest BCUT2D eigenvalue weighted by atomic mass is 10.1. The van der Waals surface area contributed by atoms with Gasteiger partial charge in [-0.15, -0.1) is 0 Å². The zero-order valence-electron chi connectivity index (χ0n) is 15.4. The molecule has 0 aliphatic carbocycles. The Morgan fingerprint density at radius 2 is 1.90 bits per heavy atom. The molecule has 1 aliphatic rings. The summed E-state index contributed by atoms with van der Waals surface area (Å²) >= 11 is 0. The SMILES string of the molecule is O=C(Cn1cnc(S(=O)(=O)N2CCOCC2)c1)Nc1ccc(-c2ccno2)cc1. The Hall–Kier alpha value is -3.02. The number of hydrogen-bond donors (Lipinski definition) is 1. The van der Waals surface area contributed by atoms with E-state index in [1.54, 1.807) is 36.5 Å². The van der Waals surface area contributed by atoms with Gasteiger partial charge in [0, 0.05) is 36.6 Å². The third kappa shape index (κ3) is 4.36. The smallest absolute Gasteiger partial charge is 0.262 e. The van der Waals surface area contributed by atoms with Crippen molar-refractivity contribution in [3.8, 4) is 11.3 Å². The molecule has 3 heterocycles. The lowest BCUT2D eigenvalue weighted by Crippen LogP contribution is -2.40. The van der Waals surface area contributed by atoms with Crippen molar-refractivity contribution >= 4 is 21.6 Å². The number of imidazole rings is 1. The van der Waals surface area contributed by atoms with Crippen LogP contribution in [0.2, 0.25) is 0 Å². The number of rotatable bonds is 6. The van der Waals surface area contributed by atoms with Crippen LogP contribution in [0.5, 0.6) is 0 Å². The highest BCUT2D eigenvalue weighted by Crippen LogP contribution is 2.21. The minimum Gasteiger partial charge on any atom is -0.379 e. The number of nitrogens with one attached hydrogen (secondary N) is 1. The molecule has 29 heavy (non-hydrogen) atoms. The molecule has 0 spiro atoms. The molecule has 0 bridgehead atoms. The number of nitrogens with zero attached hydrogens (tertiary/aromatic N) is 4. The fourth-order valence-corrected chi connectivity index (χ4v) is 4.27. The first-order valence-electron chi connectivity index (χ1n) is 8.93. The number of ether oxygens (including phenoxy) is 1. The number of benzene rings is 1. The summed E-state index contributed by atoms with van der Waals surface area (Å²) in [6, 6.07) is 8.85. The first-order chi connectivity index (χ1) is 14.0. The Kier molecular flexibility index (Phi) is 5.43. The summed E-state index contributed by atoms with van der Waals surface area (Å²) in [5, 5.41) is 6.34. The Morgan fingerprint density at radius 3 is 2.59 bits per heavy atom. The van der Waals surface area contributed by atoms with Gasteiger partial charge in [-0.05, 0) is 24.3 Å². The highest BCUT2D eigenvalue weighted by atomic mass is 32.2. The summed E-state index contributed by atoms with van der Waals surface area (Å²) in [7, 11) is -3.69. The average molecular weight is 417 g/mol. The molecule has 3 aromatic rings. The molecule has 11 heteroatoms. The fraction of sp³-hybridized carbons (Fsp3) is 0.278. The molecule has 0 saturated carbocycles. The number of aromatic nitrogens is 3. The van der Waals surface area contributed by atoms with E-state index in [2.05, 4.69) is 15.5 Å². The van der Waals surface area contributed by atoms with Crippen LogP contribution in [-0.4, -0.2) is 59.6 Å². The van der Waals surface area contributed by atoms with E-state index < -0.39 is 10.0 Å². The first kappa shape index (κ1) is 19.3. The van der Waals surface area contributed by atoms with Gasteiger partial charge in [0.1, 0.15) is 6.54 Å². The first-order valence-corrected chi connectivity index (χ1v) is 10.4. The van der Waals surface area contributed by atoms with Crippen LogP contribution in [-0.2, 0) is 26.1 Å². The zero-order valence-corrected chi connectivity index (χ0v) is 16.2. The summed E-state index contributed by atoms with van der Waals surface area (Å²) in [5.41, 5.74) is 1.45. The minimum absolute atomic E-state index is 0.0600. The van der Waals surface area contributed by atoms with Crippen molar-refractivity contribution in [2.45, 2.75) is 11.6 Å². The lowest BCUT2D eigenvalue weighted by Gasteiger charge is -2.24. The van der Waals surface area contributed by atoms with E-state index in [-0.39, 0.29) is 17.5 Å². The van der Waals surface area contributed by atoms with Crippen LogP contribution in [0.4, 0.5) is 5.69 Å². The van der Waals surface area contributed by atoms with Crippen molar-refractivity contribution in [2.75, 3.05) is 31.6 Å². The van der Waals surface area contributed by atoms with Crippen molar-refractivity contribution in [1.29, 1.82) is 0 Å². The van der Waals surface area contributed by atoms with Crippen LogP contribution in [0.1, 0.15) is 0 Å². The fourth-order valence-electron chi connectivity index (χ4n) is 2.93. The van der Waals surface area contributed by atoms with Gasteiger partial charge in [-0.1, -0.05) is 5.16 Å². The monoisotopic (exact) mass is 417 g/mol. The molecule has 2 aromatic heterocycles. The number of morpholine rings is 1. The van der Waals surface area contributed by atoms with E-state index in [4.69, 9.17) is 9.26 Å². The number of hydrogen-bond acceptors (Lipinski definition) is 7. The molecule has 1 amide bonds. The second-order valence-corrected chi connectivity index (χ2v) is 8.29. The van der Waals surface area contributed by atoms with Gasteiger partial charge in [-0.3, -0.25) is 4.79 Å². The number of carbonyl (C=O) groups excluding carboxylic acids is 1. The molecular formula is C18H19N5O5S. The van der Waals surface area contributed by atoms with Crippen LogP contribution in [0.3, 0.4) is 0 Å². The molecular weight excluding hydrogens is 398 g/mol. The number of sulfonamides is 1. The molecule has 1 aromatic carbocycles. The molecule has 0 atom stereocenters. The molecule has 1 fully saturated rings. The molecule has 10 nitrogen and oxygen atoms in total. The predicted molar refractivity (Wildman–Crippen MR) is 102 cm³/mol. The maximum absolute atomic E-state index is 12.6. The largest absolute Gasteiger partial charge is 0.379 e. The van der Waals surface area contributed by atoms with Gasteiger partial charge in [-0.25, -0.2) is 13.4 Å². The minimum atomic E-state index is -3.69. The Bertz CT molecular complexity index is 1070. The predicted octanol–water partition coefficient (Wildman–Crippen LogP) is 1.20. The summed E-state index contributed by atoms with van der Waals surface area (Å²) in [5.74, 6) is 0.334. The highest BCUT2D eigenvalue weighted by molar-refractivity contribution is 7.89. The summed E-state index contributed by atoms with van der Waals surface area (Å²) in [6.07, 6.45) is 4.25. The quantitative estimate of drug-likeness (QED) is 0.640. The van der Waals surface area contributed by atoms with Crippen molar-refractivity contribution in [3.05, 3.63) is 49.1 Å². The molecule has 0 radical (unpaired) electrons. The van der Waals surface area contributed by atoms with Crippen LogP contribution in [0.25, 0.3) is 11.3 Å². The van der Waals surface area contributed by atoms with Crippen LogP contribution < -0.4 is 5.32 Å². The van der Waals surface area contributed by atoms with Gasteiger partial charge in [0.25, 0.3) is 10.0 Å². The van der Waals surface area contributed by atoms with Gasteiger partial charge < -0.3 is 19.1 Å². The maximum Gasteiger partial charge on any atom is 0.262 e. The molecule has 152 valence electrons. The van der Waals surface area contributed by atoms with E-state index in [9.17, 15) is 13.2 Å². The van der Waals surface area contributed by atoms with Gasteiger partial charge in [0.2, 0.25) is 5.91 Å². The van der Waals surface area contributed by atoms with E-state index >= 15 is 0 Å². The van der Waals surface area contributed by atoms with E-state index in [0.717, 1.165) is 5.56 Å².